The third-order valence-corrected chi connectivity index (χ3v) is 3.05. The van der Waals surface area contributed by atoms with Crippen LogP contribution in [0.3, 0.4) is 0 Å². The van der Waals surface area contributed by atoms with E-state index in [1.807, 2.05) is 5.38 Å². The zero-order valence-electron chi connectivity index (χ0n) is 8.60. The molecule has 0 saturated carbocycles. The lowest BCUT2D eigenvalue weighted by molar-refractivity contribution is -0.0494. The van der Waals surface area contributed by atoms with Crippen molar-refractivity contribution in [1.82, 2.24) is 0 Å². The van der Waals surface area contributed by atoms with Crippen molar-refractivity contribution in [1.29, 1.82) is 0 Å². The van der Waals surface area contributed by atoms with Gasteiger partial charge in [0.1, 0.15) is 12.0 Å². The van der Waals surface area contributed by atoms with Gasteiger partial charge < -0.3 is 4.74 Å². The molecule has 88 valence electrons. The molecular formula is C12H8F2O2S. The number of halogens is 2. The molecule has 0 N–H and O–H groups in total. The van der Waals surface area contributed by atoms with Gasteiger partial charge in [-0.25, -0.2) is 0 Å². The second kappa shape index (κ2) is 5.05. The molecule has 0 bridgehead atoms. The number of ether oxygens (including phenoxy) is 1. The maximum atomic E-state index is 12.2. The van der Waals surface area contributed by atoms with Crippen LogP contribution in [-0.4, -0.2) is 12.9 Å². The SMILES string of the molecule is O=Cc1ccc(OC(F)F)c(-c2cccs2)c1. The molecule has 0 spiro atoms. The molecule has 0 fully saturated rings. The van der Waals surface area contributed by atoms with Gasteiger partial charge in [-0.05, 0) is 29.6 Å². The summed E-state index contributed by atoms with van der Waals surface area (Å²) in [6.45, 7) is -2.88. The highest BCUT2D eigenvalue weighted by Gasteiger charge is 2.12. The molecule has 0 aliphatic carbocycles. The van der Waals surface area contributed by atoms with Crippen LogP contribution in [0.4, 0.5) is 8.78 Å². The van der Waals surface area contributed by atoms with Crippen LogP contribution in [0.15, 0.2) is 35.7 Å². The number of hydrogen-bond acceptors (Lipinski definition) is 3. The van der Waals surface area contributed by atoms with Crippen LogP contribution in [0.5, 0.6) is 5.75 Å². The second-order valence-corrected chi connectivity index (χ2v) is 4.18. The van der Waals surface area contributed by atoms with E-state index >= 15 is 0 Å². The molecule has 2 nitrogen and oxygen atoms in total. The van der Waals surface area contributed by atoms with Crippen molar-refractivity contribution < 1.29 is 18.3 Å². The minimum Gasteiger partial charge on any atom is -0.434 e. The van der Waals surface area contributed by atoms with Gasteiger partial charge in [0, 0.05) is 16.0 Å². The van der Waals surface area contributed by atoms with Gasteiger partial charge in [0.25, 0.3) is 0 Å². The van der Waals surface area contributed by atoms with E-state index in [9.17, 15) is 13.6 Å². The Morgan fingerprint density at radius 3 is 2.71 bits per heavy atom. The van der Waals surface area contributed by atoms with E-state index in [4.69, 9.17) is 0 Å². The van der Waals surface area contributed by atoms with Gasteiger partial charge in [-0.1, -0.05) is 6.07 Å². The van der Waals surface area contributed by atoms with Gasteiger partial charge in [0.05, 0.1) is 0 Å². The first-order chi connectivity index (χ1) is 8.20. The second-order valence-electron chi connectivity index (χ2n) is 3.23. The summed E-state index contributed by atoms with van der Waals surface area (Å²) in [7, 11) is 0. The number of thiophene rings is 1. The van der Waals surface area contributed by atoms with Crippen LogP contribution in [0, 0.1) is 0 Å². The van der Waals surface area contributed by atoms with E-state index in [0.29, 0.717) is 17.4 Å². The van der Waals surface area contributed by atoms with Gasteiger partial charge in [-0.15, -0.1) is 11.3 Å². The number of rotatable bonds is 4. The maximum Gasteiger partial charge on any atom is 0.387 e. The molecular weight excluding hydrogens is 246 g/mol. The Hall–Kier alpha value is -1.75. The van der Waals surface area contributed by atoms with Crippen LogP contribution in [0.25, 0.3) is 10.4 Å². The third kappa shape index (κ3) is 2.68. The summed E-state index contributed by atoms with van der Waals surface area (Å²) in [5.74, 6) is 0.0769. The lowest BCUT2D eigenvalue weighted by Crippen LogP contribution is -2.03. The fourth-order valence-corrected chi connectivity index (χ4v) is 2.19. The predicted octanol–water partition coefficient (Wildman–Crippen LogP) is 3.83. The van der Waals surface area contributed by atoms with Crippen molar-refractivity contribution in [2.45, 2.75) is 6.61 Å². The summed E-state index contributed by atoms with van der Waals surface area (Å²) in [5.41, 5.74) is 0.930. The van der Waals surface area contributed by atoms with Gasteiger partial charge >= 0.3 is 6.61 Å². The van der Waals surface area contributed by atoms with Gasteiger partial charge in [0.15, 0.2) is 0 Å². The molecule has 5 heteroatoms. The fourth-order valence-electron chi connectivity index (χ4n) is 1.44. The zero-order valence-corrected chi connectivity index (χ0v) is 9.42. The molecule has 0 amide bonds. The van der Waals surface area contributed by atoms with Crippen molar-refractivity contribution in [3.63, 3.8) is 0 Å². The van der Waals surface area contributed by atoms with Gasteiger partial charge in [0.2, 0.25) is 0 Å². The van der Waals surface area contributed by atoms with Crippen molar-refractivity contribution >= 4 is 17.6 Å². The number of benzene rings is 1. The Labute approximate surface area is 100 Å². The summed E-state index contributed by atoms with van der Waals surface area (Å²) < 4.78 is 28.9. The highest BCUT2D eigenvalue weighted by molar-refractivity contribution is 7.13. The van der Waals surface area contributed by atoms with Crippen LogP contribution < -0.4 is 4.74 Å². The Morgan fingerprint density at radius 2 is 2.12 bits per heavy atom. The molecule has 17 heavy (non-hydrogen) atoms. The molecule has 0 unspecified atom stereocenters. The zero-order chi connectivity index (χ0) is 12.3. The quantitative estimate of drug-likeness (QED) is 0.775. The Morgan fingerprint density at radius 1 is 1.29 bits per heavy atom. The normalized spacial score (nSPS) is 10.5. The lowest BCUT2D eigenvalue weighted by atomic mass is 10.1. The molecule has 0 atom stereocenters. The highest BCUT2D eigenvalue weighted by atomic mass is 32.1. The first kappa shape index (κ1) is 11.7. The van der Waals surface area contributed by atoms with Crippen LogP contribution >= 0.6 is 11.3 Å². The van der Waals surface area contributed by atoms with Crippen LogP contribution in [0.2, 0.25) is 0 Å². The van der Waals surface area contributed by atoms with E-state index in [0.717, 1.165) is 4.88 Å². The standard InChI is InChI=1S/C12H8F2O2S/c13-12(14)16-10-4-3-8(7-15)6-9(10)11-2-1-5-17-11/h1-7,12H. The Kier molecular flexibility index (Phi) is 3.49. The third-order valence-electron chi connectivity index (χ3n) is 2.14. The van der Waals surface area contributed by atoms with Crippen molar-refractivity contribution in [2.24, 2.45) is 0 Å². The van der Waals surface area contributed by atoms with Crippen molar-refractivity contribution in [2.75, 3.05) is 0 Å². The van der Waals surface area contributed by atoms with E-state index in [1.54, 1.807) is 12.1 Å². The largest absolute Gasteiger partial charge is 0.434 e. The number of hydrogen-bond donors (Lipinski definition) is 0. The van der Waals surface area contributed by atoms with Gasteiger partial charge in [-0.3, -0.25) is 4.79 Å². The van der Waals surface area contributed by atoms with Crippen LogP contribution in [0.1, 0.15) is 10.4 Å². The number of carbonyl (C=O) groups excluding carboxylic acids is 1. The summed E-state index contributed by atoms with van der Waals surface area (Å²) >= 11 is 1.40. The number of carbonyl (C=O) groups is 1. The van der Waals surface area contributed by atoms with E-state index in [2.05, 4.69) is 4.74 Å². The Bertz CT molecular complexity index is 509. The molecule has 2 aromatic rings. The van der Waals surface area contributed by atoms with E-state index in [1.165, 1.54) is 29.5 Å². The molecule has 0 aliphatic rings. The first-order valence-electron chi connectivity index (χ1n) is 4.78. The molecule has 0 saturated heterocycles. The highest BCUT2D eigenvalue weighted by Crippen LogP contribution is 2.34. The summed E-state index contributed by atoms with van der Waals surface area (Å²) in [4.78, 5) is 11.5. The predicted molar refractivity (Wildman–Crippen MR) is 61.8 cm³/mol. The minimum atomic E-state index is -2.88. The topological polar surface area (TPSA) is 26.3 Å². The van der Waals surface area contributed by atoms with Crippen molar-refractivity contribution in [3.8, 4) is 16.2 Å². The summed E-state index contributed by atoms with van der Waals surface area (Å²) in [6.07, 6.45) is 0.670. The summed E-state index contributed by atoms with van der Waals surface area (Å²) in [5, 5.41) is 1.83. The average Bonchev–Trinajstić information content (AvgIpc) is 2.82. The maximum absolute atomic E-state index is 12.2. The first-order valence-corrected chi connectivity index (χ1v) is 5.66. The molecule has 2 rings (SSSR count). The van der Waals surface area contributed by atoms with Crippen LogP contribution in [-0.2, 0) is 0 Å². The lowest BCUT2D eigenvalue weighted by Gasteiger charge is -2.09. The van der Waals surface area contributed by atoms with Crippen molar-refractivity contribution in [3.05, 3.63) is 41.3 Å². The molecule has 0 radical (unpaired) electrons. The van der Waals surface area contributed by atoms with Gasteiger partial charge in [-0.2, -0.15) is 8.78 Å². The van der Waals surface area contributed by atoms with E-state index in [-0.39, 0.29) is 5.75 Å². The smallest absolute Gasteiger partial charge is 0.387 e. The monoisotopic (exact) mass is 254 g/mol. The Balaban J connectivity index is 2.48. The minimum absolute atomic E-state index is 0.0769. The average molecular weight is 254 g/mol. The number of aldehydes is 1. The molecule has 0 aliphatic heterocycles. The summed E-state index contributed by atoms with van der Waals surface area (Å²) in [6, 6.07) is 7.95. The molecule has 1 heterocycles. The number of alkyl halides is 2. The fraction of sp³-hybridized carbons (Fsp3) is 0.0833. The molecule has 1 aromatic heterocycles. The van der Waals surface area contributed by atoms with E-state index < -0.39 is 6.61 Å². The molecule has 1 aromatic carbocycles.